The molecule has 2 aliphatic rings. The van der Waals surface area contributed by atoms with E-state index in [9.17, 15) is 19.5 Å². The average molecular weight is 862 g/mol. The van der Waals surface area contributed by atoms with E-state index in [0.717, 1.165) is 62.5 Å². The number of carbonyl (C=O) groups is 3. The first-order chi connectivity index (χ1) is 29.9. The van der Waals surface area contributed by atoms with E-state index in [0.29, 0.717) is 58.0 Å². The molecule has 62 heavy (non-hydrogen) atoms. The van der Waals surface area contributed by atoms with Gasteiger partial charge in [0.25, 0.3) is 0 Å². The van der Waals surface area contributed by atoms with Crippen LogP contribution in [0.2, 0.25) is 0 Å². The maximum atomic E-state index is 14.6. The number of ether oxygens (including phenoxy) is 3. The molecule has 2 aromatic carbocycles. The number of aliphatic hydroxyl groups is 1. The number of benzene rings is 2. The summed E-state index contributed by atoms with van der Waals surface area (Å²) in [5.41, 5.74) is 1.55. The number of hydrogen-bond acceptors (Lipinski definition) is 9. The van der Waals surface area contributed by atoms with Gasteiger partial charge < -0.3 is 34.9 Å². The predicted molar refractivity (Wildman–Crippen MR) is 247 cm³/mol. The van der Waals surface area contributed by atoms with Crippen molar-refractivity contribution in [3.63, 3.8) is 0 Å². The van der Waals surface area contributed by atoms with E-state index in [1.165, 1.54) is 6.42 Å². The average Bonchev–Trinajstić information content (AvgIpc) is 3.28. The summed E-state index contributed by atoms with van der Waals surface area (Å²) in [5.74, 6) is -0.526. The van der Waals surface area contributed by atoms with Gasteiger partial charge in [0.1, 0.15) is 6.79 Å². The molecule has 12 heteroatoms. The van der Waals surface area contributed by atoms with Crippen LogP contribution in [0.3, 0.4) is 0 Å². The van der Waals surface area contributed by atoms with Gasteiger partial charge in [-0.1, -0.05) is 126 Å². The molecule has 5 atom stereocenters. The van der Waals surface area contributed by atoms with Crippen LogP contribution in [0.4, 0.5) is 0 Å². The molecule has 12 nitrogen and oxygen atoms in total. The number of carbonyl (C=O) groups excluding carboxylic acids is 3. The van der Waals surface area contributed by atoms with Gasteiger partial charge in [-0.15, -0.1) is 0 Å². The molecule has 1 aliphatic heterocycles. The quantitative estimate of drug-likeness (QED) is 0.0426. The number of nitrogens with zero attached hydrogens (tertiary/aromatic N) is 2. The second-order valence-corrected chi connectivity index (χ2v) is 18.6. The molecule has 346 valence electrons. The van der Waals surface area contributed by atoms with Crippen LogP contribution in [0, 0.1) is 17.8 Å². The molecule has 0 radical (unpaired) electrons. The normalized spacial score (nSPS) is 18.0. The summed E-state index contributed by atoms with van der Waals surface area (Å²) in [6.45, 7) is 12.6. The van der Waals surface area contributed by atoms with Gasteiger partial charge in [0.2, 0.25) is 17.7 Å². The first-order valence-corrected chi connectivity index (χ1v) is 23.5. The molecule has 4 N–H and O–H groups in total. The number of nitrogens with one attached hydrogen (secondary N) is 3. The van der Waals surface area contributed by atoms with E-state index in [1.54, 1.807) is 13.3 Å². The van der Waals surface area contributed by atoms with Crippen LogP contribution in [0.25, 0.3) is 0 Å². The van der Waals surface area contributed by atoms with E-state index in [1.807, 2.05) is 93.3 Å². The summed E-state index contributed by atoms with van der Waals surface area (Å²) < 4.78 is 16.7. The second-order valence-electron chi connectivity index (χ2n) is 18.6. The lowest BCUT2D eigenvalue weighted by atomic mass is 9.81. The number of amides is 3. The number of aliphatic hydroxyl groups excluding tert-OH is 1. The Morgan fingerprint density at radius 2 is 1.58 bits per heavy atom. The molecule has 0 bridgehead atoms. The highest BCUT2D eigenvalue weighted by molar-refractivity contribution is 5.86. The molecule has 3 amide bonds. The first-order valence-electron chi connectivity index (χ1n) is 23.5. The first kappa shape index (κ1) is 51.0. The van der Waals surface area contributed by atoms with Crippen LogP contribution < -0.4 is 16.0 Å². The zero-order valence-corrected chi connectivity index (χ0v) is 38.7. The van der Waals surface area contributed by atoms with Crippen LogP contribution in [-0.2, 0) is 41.6 Å². The van der Waals surface area contributed by atoms with Gasteiger partial charge in [0, 0.05) is 38.9 Å². The number of hydrogen-bond donors (Lipinski definition) is 4. The van der Waals surface area contributed by atoms with Crippen molar-refractivity contribution in [2.24, 2.45) is 22.7 Å². The molecule has 1 heterocycles. The molecule has 0 spiro atoms. The Hall–Kier alpha value is -3.68. The number of aliphatic imine (C=N–C) groups is 1. The summed E-state index contributed by atoms with van der Waals surface area (Å²) in [7, 11) is 1.61. The zero-order chi connectivity index (χ0) is 44.7. The molecule has 1 saturated heterocycles. The highest BCUT2D eigenvalue weighted by Gasteiger charge is 2.36. The van der Waals surface area contributed by atoms with Gasteiger partial charge in [0.05, 0.1) is 49.1 Å². The van der Waals surface area contributed by atoms with Gasteiger partial charge in [-0.3, -0.25) is 24.7 Å². The minimum atomic E-state index is -0.943. The Kier molecular flexibility index (Phi) is 22.6. The summed E-state index contributed by atoms with van der Waals surface area (Å²) in [5, 5.41) is 22.0. The largest absolute Gasteiger partial charge is 0.391 e. The van der Waals surface area contributed by atoms with Crippen LogP contribution in [0.5, 0.6) is 0 Å². The van der Waals surface area contributed by atoms with E-state index in [-0.39, 0.29) is 43.0 Å². The van der Waals surface area contributed by atoms with Crippen molar-refractivity contribution in [2.45, 2.75) is 161 Å². The fraction of sp³-hybridized carbons (Fsp3) is 0.680. The minimum absolute atomic E-state index is 0.0248. The lowest BCUT2D eigenvalue weighted by molar-refractivity contribution is -0.139. The topological polar surface area (TPSA) is 151 Å². The van der Waals surface area contributed by atoms with Crippen LogP contribution in [0.1, 0.15) is 123 Å². The van der Waals surface area contributed by atoms with Gasteiger partial charge in [-0.25, -0.2) is 0 Å². The fourth-order valence-corrected chi connectivity index (χ4v) is 8.69. The molecule has 4 rings (SSSR count). The third kappa shape index (κ3) is 18.2. The standard InChI is InChI=1S/C50H79N5O7/c1-7-8-24-43(53-45(32-39-20-14-10-15-21-39)49(59)55-28-25-41(26-29-55)62-36-60-6)48(58)54-44(31-38-18-12-9-13-19-38)46(56)33-42(37(2)3)47(57)51-35-50(4,5)52-27-30-61-34-40-22-16-11-17-23-40/h10-11,14-17,20-23,27,37-38,41-46,53,56H,7-9,12-13,18-19,24-26,28-36H2,1-6H3,(H,51,57)(H,54,58)/t42-,43-,44-,45-,46-/m0/s1. The minimum Gasteiger partial charge on any atom is -0.391 e. The van der Waals surface area contributed by atoms with Crippen molar-refractivity contribution in [1.29, 1.82) is 0 Å². The van der Waals surface area contributed by atoms with Crippen LogP contribution >= 0.6 is 0 Å². The van der Waals surface area contributed by atoms with Crippen molar-refractivity contribution in [3.8, 4) is 0 Å². The van der Waals surface area contributed by atoms with Crippen molar-refractivity contribution in [1.82, 2.24) is 20.9 Å². The lowest BCUT2D eigenvalue weighted by Crippen LogP contribution is -2.58. The Balaban J connectivity index is 1.44. The number of unbranched alkanes of at least 4 members (excludes halogenated alkanes) is 1. The van der Waals surface area contributed by atoms with Crippen molar-refractivity contribution in [3.05, 3.63) is 71.8 Å². The Bertz CT molecular complexity index is 1600. The summed E-state index contributed by atoms with van der Waals surface area (Å²) in [6, 6.07) is 18.1. The number of rotatable bonds is 27. The van der Waals surface area contributed by atoms with Crippen molar-refractivity contribution >= 4 is 23.9 Å². The molecular formula is C50H79N5O7. The Morgan fingerprint density at radius 3 is 2.21 bits per heavy atom. The molecule has 0 aromatic heterocycles. The maximum absolute atomic E-state index is 14.6. The maximum Gasteiger partial charge on any atom is 0.240 e. The lowest BCUT2D eigenvalue weighted by Gasteiger charge is -2.36. The SMILES string of the molecule is CCCC[C@H](N[C@@H](Cc1ccccc1)C(=O)N1CCC(OCOC)CC1)C(=O)N[C@@H](CC1CCCCC1)[C@@H](O)C[C@H](C(=O)NCC(C)(C)N=CCOCc1ccccc1)C(C)C. The molecule has 1 saturated carbocycles. The molecule has 1 aliphatic carbocycles. The van der Waals surface area contributed by atoms with E-state index >= 15 is 0 Å². The van der Waals surface area contributed by atoms with Gasteiger partial charge >= 0.3 is 0 Å². The summed E-state index contributed by atoms with van der Waals surface area (Å²) in [4.78, 5) is 49.3. The molecule has 2 aromatic rings. The Morgan fingerprint density at radius 1 is 0.919 bits per heavy atom. The van der Waals surface area contributed by atoms with E-state index < -0.39 is 35.7 Å². The highest BCUT2D eigenvalue weighted by Crippen LogP contribution is 2.30. The monoisotopic (exact) mass is 862 g/mol. The molecule has 2 fully saturated rings. The Labute approximate surface area is 372 Å². The van der Waals surface area contributed by atoms with Crippen molar-refractivity contribution < 1.29 is 33.7 Å². The number of likely N-dealkylation sites (tertiary alicyclic amines) is 1. The van der Waals surface area contributed by atoms with Gasteiger partial charge in [-0.2, -0.15) is 0 Å². The van der Waals surface area contributed by atoms with Gasteiger partial charge in [0.15, 0.2) is 0 Å². The fourth-order valence-electron chi connectivity index (χ4n) is 8.69. The highest BCUT2D eigenvalue weighted by atomic mass is 16.7. The third-order valence-electron chi connectivity index (χ3n) is 12.5. The van der Waals surface area contributed by atoms with E-state index in [2.05, 4.69) is 27.9 Å². The number of piperidine rings is 1. The predicted octanol–water partition coefficient (Wildman–Crippen LogP) is 7.02. The van der Waals surface area contributed by atoms with Gasteiger partial charge in [-0.05, 0) is 75.3 Å². The van der Waals surface area contributed by atoms with Crippen LogP contribution in [-0.4, -0.2) is 110 Å². The third-order valence-corrected chi connectivity index (χ3v) is 12.5. The zero-order valence-electron chi connectivity index (χ0n) is 38.7. The van der Waals surface area contributed by atoms with E-state index in [4.69, 9.17) is 14.2 Å². The number of methoxy groups -OCH3 is 1. The smallest absolute Gasteiger partial charge is 0.240 e. The molecule has 0 unspecified atom stereocenters. The summed E-state index contributed by atoms with van der Waals surface area (Å²) in [6.07, 6.45) is 11.4. The van der Waals surface area contributed by atoms with Crippen molar-refractivity contribution in [2.75, 3.05) is 40.1 Å². The van der Waals surface area contributed by atoms with Crippen LogP contribution in [0.15, 0.2) is 65.7 Å². The second kappa shape index (κ2) is 27.5. The molecular weight excluding hydrogens is 783 g/mol. The summed E-state index contributed by atoms with van der Waals surface area (Å²) >= 11 is 0.